The Bertz CT molecular complexity index is 435. The van der Waals surface area contributed by atoms with Crippen molar-refractivity contribution >= 4 is 11.7 Å². The molecule has 0 saturated carbocycles. The highest BCUT2D eigenvalue weighted by molar-refractivity contribution is 5.80. The molecule has 0 bridgehead atoms. The van der Waals surface area contributed by atoms with Crippen LogP contribution >= 0.6 is 0 Å². The van der Waals surface area contributed by atoms with Gasteiger partial charge in [0.05, 0.1) is 18.7 Å². The number of nitrogens with two attached hydrogens (primary N) is 1. The van der Waals surface area contributed by atoms with Gasteiger partial charge in [0.25, 0.3) is 0 Å². The molecule has 1 rings (SSSR count). The maximum Gasteiger partial charge on any atom is 0.313 e. The van der Waals surface area contributed by atoms with Crippen LogP contribution in [-0.2, 0) is 9.53 Å². The third kappa shape index (κ3) is 3.18. The average molecular weight is 257 g/mol. The van der Waals surface area contributed by atoms with E-state index >= 15 is 0 Å². The lowest BCUT2D eigenvalue weighted by Gasteiger charge is -2.17. The summed E-state index contributed by atoms with van der Waals surface area (Å²) in [4.78, 5) is 11.7. The number of hydrogen-bond acceptors (Lipinski definition) is 3. The van der Waals surface area contributed by atoms with Crippen molar-refractivity contribution < 1.29 is 18.3 Å². The maximum absolute atomic E-state index is 13.4. The fourth-order valence-corrected chi connectivity index (χ4v) is 1.84. The normalized spacial score (nSPS) is 12.2. The highest BCUT2D eigenvalue weighted by atomic mass is 19.1. The van der Waals surface area contributed by atoms with E-state index in [0.29, 0.717) is 12.5 Å². The number of benzene rings is 1. The highest BCUT2D eigenvalue weighted by Gasteiger charge is 2.25. The van der Waals surface area contributed by atoms with Crippen LogP contribution in [0.4, 0.5) is 14.5 Å². The second-order valence-electron chi connectivity index (χ2n) is 4.11. The van der Waals surface area contributed by atoms with E-state index < -0.39 is 23.5 Å². The van der Waals surface area contributed by atoms with Crippen LogP contribution in [0, 0.1) is 11.6 Å². The molecule has 1 aromatic carbocycles. The van der Waals surface area contributed by atoms with Gasteiger partial charge in [0.2, 0.25) is 0 Å². The number of carbonyl (C=O) groups excluding carboxylic acids is 1. The van der Waals surface area contributed by atoms with Crippen LogP contribution in [0.3, 0.4) is 0 Å². The molecule has 0 fully saturated rings. The number of rotatable bonds is 5. The molecule has 0 amide bonds. The summed E-state index contributed by atoms with van der Waals surface area (Å²) in [7, 11) is 1.24. The molecule has 0 aliphatic rings. The smallest absolute Gasteiger partial charge is 0.313 e. The molecule has 0 saturated heterocycles. The number of halogens is 2. The minimum absolute atomic E-state index is 0.160. The molecule has 1 unspecified atom stereocenters. The molecule has 5 heteroatoms. The quantitative estimate of drug-likeness (QED) is 0.651. The van der Waals surface area contributed by atoms with Gasteiger partial charge in [-0.2, -0.15) is 0 Å². The largest absolute Gasteiger partial charge is 0.469 e. The molecule has 100 valence electrons. The fourth-order valence-electron chi connectivity index (χ4n) is 1.84. The second-order valence-corrected chi connectivity index (χ2v) is 4.11. The molecular weight excluding hydrogens is 240 g/mol. The lowest BCUT2D eigenvalue weighted by molar-refractivity contribution is -0.142. The lowest BCUT2D eigenvalue weighted by Crippen LogP contribution is -2.17. The monoisotopic (exact) mass is 257 g/mol. The first-order valence-corrected chi connectivity index (χ1v) is 5.83. The zero-order valence-corrected chi connectivity index (χ0v) is 10.5. The van der Waals surface area contributed by atoms with Crippen LogP contribution in [0.25, 0.3) is 0 Å². The Morgan fingerprint density at radius 1 is 1.44 bits per heavy atom. The van der Waals surface area contributed by atoms with Crippen LogP contribution in [0.2, 0.25) is 0 Å². The van der Waals surface area contributed by atoms with Crippen molar-refractivity contribution in [3.05, 3.63) is 29.3 Å². The maximum atomic E-state index is 13.4. The van der Waals surface area contributed by atoms with Crippen LogP contribution in [0.1, 0.15) is 37.7 Å². The standard InChI is InChI=1S/C13H17F2NO2/c1-3-4-5-9(13(17)18-2)10-6-8(14)7-11(15)12(10)16/h6-7,9H,3-5,16H2,1-2H3. The van der Waals surface area contributed by atoms with E-state index in [1.165, 1.54) is 7.11 Å². The molecule has 1 atom stereocenters. The molecule has 0 radical (unpaired) electrons. The predicted molar refractivity (Wildman–Crippen MR) is 65.1 cm³/mol. The molecular formula is C13H17F2NO2. The molecule has 2 N–H and O–H groups in total. The van der Waals surface area contributed by atoms with Gasteiger partial charge in [0.15, 0.2) is 0 Å². The summed E-state index contributed by atoms with van der Waals surface area (Å²) in [5.74, 6) is -2.85. The van der Waals surface area contributed by atoms with Crippen molar-refractivity contribution in [2.24, 2.45) is 0 Å². The Hall–Kier alpha value is -1.65. The van der Waals surface area contributed by atoms with E-state index in [-0.39, 0.29) is 11.3 Å². The summed E-state index contributed by atoms with van der Waals surface area (Å²) >= 11 is 0. The Kier molecular flexibility index (Phi) is 5.07. The zero-order valence-electron chi connectivity index (χ0n) is 10.5. The van der Waals surface area contributed by atoms with E-state index in [2.05, 4.69) is 4.74 Å². The predicted octanol–water partition coefficient (Wildman–Crippen LogP) is 2.99. The summed E-state index contributed by atoms with van der Waals surface area (Å²) in [5.41, 5.74) is 5.54. The molecule has 18 heavy (non-hydrogen) atoms. The van der Waals surface area contributed by atoms with Crippen molar-refractivity contribution in [3.63, 3.8) is 0 Å². The molecule has 0 spiro atoms. The Morgan fingerprint density at radius 3 is 2.67 bits per heavy atom. The van der Waals surface area contributed by atoms with Crippen LogP contribution in [-0.4, -0.2) is 13.1 Å². The summed E-state index contributed by atoms with van der Waals surface area (Å²) in [6.45, 7) is 1.96. The average Bonchev–Trinajstić information content (AvgIpc) is 2.34. The number of hydrogen-bond donors (Lipinski definition) is 1. The van der Waals surface area contributed by atoms with Gasteiger partial charge in [-0.3, -0.25) is 4.79 Å². The minimum atomic E-state index is -0.851. The van der Waals surface area contributed by atoms with Crippen LogP contribution in [0.5, 0.6) is 0 Å². The topological polar surface area (TPSA) is 52.3 Å². The zero-order chi connectivity index (χ0) is 13.7. The first kappa shape index (κ1) is 14.4. The molecule has 3 nitrogen and oxygen atoms in total. The number of nitrogen functional groups attached to an aromatic ring is 1. The van der Waals surface area contributed by atoms with Crippen LogP contribution in [0.15, 0.2) is 12.1 Å². The minimum Gasteiger partial charge on any atom is -0.469 e. The molecule has 0 heterocycles. The Labute approximate surface area is 105 Å². The fraction of sp³-hybridized carbons (Fsp3) is 0.462. The van der Waals surface area contributed by atoms with Crippen molar-refractivity contribution in [2.75, 3.05) is 12.8 Å². The third-order valence-corrected chi connectivity index (χ3v) is 2.83. The van der Waals surface area contributed by atoms with E-state index in [4.69, 9.17) is 5.73 Å². The number of unbranched alkanes of at least 4 members (excludes halogenated alkanes) is 1. The third-order valence-electron chi connectivity index (χ3n) is 2.83. The number of carbonyl (C=O) groups is 1. The molecule has 0 aromatic heterocycles. The van der Waals surface area contributed by atoms with Gasteiger partial charge in [-0.15, -0.1) is 0 Å². The van der Waals surface area contributed by atoms with Crippen LogP contribution < -0.4 is 5.73 Å². The number of ether oxygens (including phenoxy) is 1. The van der Waals surface area contributed by atoms with Crippen molar-refractivity contribution in [2.45, 2.75) is 32.1 Å². The molecule has 1 aromatic rings. The summed E-state index contributed by atoms with van der Waals surface area (Å²) < 4.78 is 31.2. The van der Waals surface area contributed by atoms with Crippen molar-refractivity contribution in [1.82, 2.24) is 0 Å². The summed E-state index contributed by atoms with van der Waals surface area (Å²) in [6.07, 6.45) is 2.07. The first-order valence-electron chi connectivity index (χ1n) is 5.83. The van der Waals surface area contributed by atoms with E-state index in [1.54, 1.807) is 0 Å². The van der Waals surface area contributed by atoms with Crippen molar-refractivity contribution in [3.8, 4) is 0 Å². The van der Waals surface area contributed by atoms with Gasteiger partial charge >= 0.3 is 5.97 Å². The van der Waals surface area contributed by atoms with Crippen molar-refractivity contribution in [1.29, 1.82) is 0 Å². The molecule has 0 aliphatic carbocycles. The molecule has 0 aliphatic heterocycles. The van der Waals surface area contributed by atoms with E-state index in [0.717, 1.165) is 18.9 Å². The number of esters is 1. The lowest BCUT2D eigenvalue weighted by atomic mass is 9.92. The number of anilines is 1. The van der Waals surface area contributed by atoms with Gasteiger partial charge in [0.1, 0.15) is 11.6 Å². The first-order chi connectivity index (χ1) is 8.51. The SMILES string of the molecule is CCCCC(C(=O)OC)c1cc(F)cc(F)c1N. The summed E-state index contributed by atoms with van der Waals surface area (Å²) in [5, 5.41) is 0. The van der Waals surface area contributed by atoms with Gasteiger partial charge in [-0.05, 0) is 18.1 Å². The second kappa shape index (κ2) is 6.33. The van der Waals surface area contributed by atoms with Gasteiger partial charge in [-0.1, -0.05) is 19.8 Å². The van der Waals surface area contributed by atoms with Gasteiger partial charge < -0.3 is 10.5 Å². The highest BCUT2D eigenvalue weighted by Crippen LogP contribution is 2.30. The Balaban J connectivity index is 3.15. The van der Waals surface area contributed by atoms with Gasteiger partial charge in [0, 0.05) is 6.07 Å². The van der Waals surface area contributed by atoms with E-state index in [1.807, 2.05) is 6.92 Å². The van der Waals surface area contributed by atoms with Gasteiger partial charge in [-0.25, -0.2) is 8.78 Å². The summed E-state index contributed by atoms with van der Waals surface area (Å²) in [6, 6.07) is 1.79. The van der Waals surface area contributed by atoms with E-state index in [9.17, 15) is 13.6 Å². The Morgan fingerprint density at radius 2 is 2.11 bits per heavy atom. The number of methoxy groups -OCH3 is 1.